The molecule has 3 heterocycles. The van der Waals surface area contributed by atoms with Crippen molar-refractivity contribution >= 4 is 29.2 Å². The van der Waals surface area contributed by atoms with Crippen molar-refractivity contribution in [2.75, 3.05) is 39.8 Å². The molecule has 0 spiro atoms. The first-order valence-corrected chi connectivity index (χ1v) is 12.3. The van der Waals surface area contributed by atoms with Gasteiger partial charge in [-0.3, -0.25) is 14.6 Å². The van der Waals surface area contributed by atoms with Gasteiger partial charge in [-0.2, -0.15) is 0 Å². The second-order valence-electron chi connectivity index (χ2n) is 8.49. The number of carbonyl (C=O) groups excluding carboxylic acids is 3. The fourth-order valence-corrected chi connectivity index (χ4v) is 5.20. The number of esters is 1. The number of hydrogen-bond donors (Lipinski definition) is 1. The molecule has 0 aliphatic carbocycles. The van der Waals surface area contributed by atoms with Crippen molar-refractivity contribution in [2.45, 2.75) is 25.9 Å². The van der Waals surface area contributed by atoms with E-state index in [0.29, 0.717) is 37.4 Å². The minimum Gasteiger partial charge on any atom is -0.463 e. The Bertz CT molecular complexity index is 1070. The molecule has 9 heteroatoms. The molecule has 1 aromatic carbocycles. The Morgan fingerprint density at radius 3 is 2.56 bits per heavy atom. The SMILES string of the molecule is CCOC(=O)C1=C(CN2CCN(C(=O)c3cccs3)[C@H](C)C2)N(C)C(=O)N[C@H]1c1ccccc1. The third-order valence-electron chi connectivity index (χ3n) is 6.28. The zero-order chi connectivity index (χ0) is 24.2. The van der Waals surface area contributed by atoms with Gasteiger partial charge < -0.3 is 15.0 Å². The highest BCUT2D eigenvalue weighted by atomic mass is 32.1. The Hall–Kier alpha value is -3.17. The average Bonchev–Trinajstić information content (AvgIpc) is 3.37. The maximum absolute atomic E-state index is 13.1. The fourth-order valence-electron chi connectivity index (χ4n) is 4.53. The molecule has 0 unspecified atom stereocenters. The molecular weight excluding hydrogens is 452 g/mol. The van der Waals surface area contributed by atoms with E-state index in [-0.39, 0.29) is 24.6 Å². The van der Waals surface area contributed by atoms with Crippen molar-refractivity contribution in [1.82, 2.24) is 20.0 Å². The van der Waals surface area contributed by atoms with Crippen LogP contribution in [0.25, 0.3) is 0 Å². The molecule has 3 amide bonds. The molecule has 0 bridgehead atoms. The predicted molar refractivity (Wildman–Crippen MR) is 130 cm³/mol. The summed E-state index contributed by atoms with van der Waals surface area (Å²) in [6.45, 7) is 6.32. The number of nitrogens with zero attached hydrogens (tertiary/aromatic N) is 3. The Balaban J connectivity index is 1.60. The third kappa shape index (κ3) is 4.85. The second kappa shape index (κ2) is 10.4. The van der Waals surface area contributed by atoms with Gasteiger partial charge in [-0.25, -0.2) is 9.59 Å². The first-order valence-electron chi connectivity index (χ1n) is 11.5. The number of likely N-dealkylation sites (N-methyl/N-ethyl adjacent to an activating group) is 1. The van der Waals surface area contributed by atoms with E-state index in [4.69, 9.17) is 4.74 Å². The van der Waals surface area contributed by atoms with Crippen LogP contribution in [-0.2, 0) is 9.53 Å². The van der Waals surface area contributed by atoms with Crippen LogP contribution in [0.15, 0.2) is 59.1 Å². The summed E-state index contributed by atoms with van der Waals surface area (Å²) in [4.78, 5) is 45.1. The van der Waals surface area contributed by atoms with Gasteiger partial charge in [-0.05, 0) is 30.9 Å². The molecule has 2 aliphatic heterocycles. The Kier molecular flexibility index (Phi) is 7.33. The van der Waals surface area contributed by atoms with Crippen LogP contribution in [0.2, 0.25) is 0 Å². The largest absolute Gasteiger partial charge is 0.463 e. The molecule has 2 atom stereocenters. The lowest BCUT2D eigenvalue weighted by Gasteiger charge is -2.42. The second-order valence-corrected chi connectivity index (χ2v) is 9.44. The van der Waals surface area contributed by atoms with Crippen LogP contribution in [0.1, 0.15) is 35.1 Å². The van der Waals surface area contributed by atoms with E-state index in [0.717, 1.165) is 10.4 Å². The first kappa shape index (κ1) is 24.0. The normalized spacial score (nSPS) is 21.4. The summed E-state index contributed by atoms with van der Waals surface area (Å²) in [6, 6.07) is 12.3. The number of carbonyl (C=O) groups is 3. The van der Waals surface area contributed by atoms with Crippen LogP contribution >= 0.6 is 11.3 Å². The average molecular weight is 483 g/mol. The highest BCUT2D eigenvalue weighted by Crippen LogP contribution is 2.31. The van der Waals surface area contributed by atoms with E-state index in [1.807, 2.05) is 59.7 Å². The van der Waals surface area contributed by atoms with E-state index in [1.165, 1.54) is 16.2 Å². The summed E-state index contributed by atoms with van der Waals surface area (Å²) in [5, 5.41) is 4.85. The summed E-state index contributed by atoms with van der Waals surface area (Å²) in [5.41, 5.74) is 1.89. The van der Waals surface area contributed by atoms with Crippen LogP contribution in [0.4, 0.5) is 4.79 Å². The summed E-state index contributed by atoms with van der Waals surface area (Å²) in [6.07, 6.45) is 0. The van der Waals surface area contributed by atoms with Crippen molar-refractivity contribution < 1.29 is 19.1 Å². The zero-order valence-electron chi connectivity index (χ0n) is 19.7. The van der Waals surface area contributed by atoms with Gasteiger partial charge in [0.05, 0.1) is 23.1 Å². The zero-order valence-corrected chi connectivity index (χ0v) is 20.5. The molecule has 180 valence electrons. The molecule has 0 saturated carbocycles. The highest BCUT2D eigenvalue weighted by molar-refractivity contribution is 7.12. The van der Waals surface area contributed by atoms with Gasteiger partial charge in [0.2, 0.25) is 0 Å². The number of piperazine rings is 1. The quantitative estimate of drug-likeness (QED) is 0.640. The van der Waals surface area contributed by atoms with Crippen molar-refractivity contribution in [3.8, 4) is 0 Å². The molecule has 34 heavy (non-hydrogen) atoms. The van der Waals surface area contributed by atoms with Gasteiger partial charge in [0.1, 0.15) is 0 Å². The number of amides is 3. The molecule has 1 aromatic heterocycles. The minimum absolute atomic E-state index is 0.00244. The van der Waals surface area contributed by atoms with Gasteiger partial charge in [0.15, 0.2) is 0 Å². The lowest BCUT2D eigenvalue weighted by molar-refractivity contribution is -0.139. The van der Waals surface area contributed by atoms with Gasteiger partial charge in [-0.15, -0.1) is 11.3 Å². The lowest BCUT2D eigenvalue weighted by Crippen LogP contribution is -2.56. The standard InChI is InChI=1S/C25H30N4O4S/c1-4-33-24(31)21-19(27(3)25(32)26-22(21)18-9-6-5-7-10-18)16-28-12-13-29(17(2)15-28)23(30)20-11-8-14-34-20/h5-11,14,17,22H,4,12-13,15-16H2,1-3H3,(H,26,32)/t17-,22+/m1/s1. The van der Waals surface area contributed by atoms with Crippen LogP contribution in [-0.4, -0.2) is 78.5 Å². The summed E-state index contributed by atoms with van der Waals surface area (Å²) in [5.74, 6) is -0.385. The van der Waals surface area contributed by atoms with Crippen molar-refractivity contribution in [1.29, 1.82) is 0 Å². The minimum atomic E-state index is -0.585. The molecule has 1 saturated heterocycles. The molecule has 1 fully saturated rings. The number of benzene rings is 1. The summed E-state index contributed by atoms with van der Waals surface area (Å²) in [7, 11) is 1.67. The van der Waals surface area contributed by atoms with E-state index < -0.39 is 12.0 Å². The molecule has 1 N–H and O–H groups in total. The number of hydrogen-bond acceptors (Lipinski definition) is 6. The van der Waals surface area contributed by atoms with E-state index in [1.54, 1.807) is 14.0 Å². The highest BCUT2D eigenvalue weighted by Gasteiger charge is 2.38. The van der Waals surface area contributed by atoms with Gasteiger partial charge in [-0.1, -0.05) is 36.4 Å². The number of thiophene rings is 1. The number of rotatable bonds is 6. The number of nitrogens with one attached hydrogen (secondary N) is 1. The van der Waals surface area contributed by atoms with Gasteiger partial charge in [0.25, 0.3) is 5.91 Å². The number of urea groups is 1. The number of ether oxygens (including phenoxy) is 1. The molecule has 4 rings (SSSR count). The smallest absolute Gasteiger partial charge is 0.338 e. The molecule has 8 nitrogen and oxygen atoms in total. The van der Waals surface area contributed by atoms with Crippen LogP contribution in [0, 0.1) is 0 Å². The monoisotopic (exact) mass is 482 g/mol. The van der Waals surface area contributed by atoms with Crippen LogP contribution < -0.4 is 5.32 Å². The lowest BCUT2D eigenvalue weighted by atomic mass is 9.94. The van der Waals surface area contributed by atoms with Crippen molar-refractivity contribution in [2.24, 2.45) is 0 Å². The fraction of sp³-hybridized carbons (Fsp3) is 0.400. The van der Waals surface area contributed by atoms with E-state index in [2.05, 4.69) is 10.2 Å². The summed E-state index contributed by atoms with van der Waals surface area (Å²) >= 11 is 1.45. The maximum atomic E-state index is 13.1. The van der Waals surface area contributed by atoms with Crippen LogP contribution in [0.3, 0.4) is 0 Å². The van der Waals surface area contributed by atoms with E-state index >= 15 is 0 Å². The first-order chi connectivity index (χ1) is 16.4. The Labute approximate surface area is 203 Å². The Morgan fingerprint density at radius 2 is 1.91 bits per heavy atom. The molecule has 2 aliphatic rings. The van der Waals surface area contributed by atoms with Gasteiger partial charge in [0, 0.05) is 45.0 Å². The molecular formula is C25H30N4O4S. The third-order valence-corrected chi connectivity index (χ3v) is 7.14. The summed E-state index contributed by atoms with van der Waals surface area (Å²) < 4.78 is 5.40. The van der Waals surface area contributed by atoms with Gasteiger partial charge >= 0.3 is 12.0 Å². The van der Waals surface area contributed by atoms with Crippen molar-refractivity contribution in [3.05, 3.63) is 69.6 Å². The topological polar surface area (TPSA) is 82.2 Å². The van der Waals surface area contributed by atoms with Crippen molar-refractivity contribution in [3.63, 3.8) is 0 Å². The van der Waals surface area contributed by atoms with Crippen LogP contribution in [0.5, 0.6) is 0 Å². The molecule has 0 radical (unpaired) electrons. The molecule has 2 aromatic rings. The van der Waals surface area contributed by atoms with E-state index in [9.17, 15) is 14.4 Å². The maximum Gasteiger partial charge on any atom is 0.338 e. The predicted octanol–water partition coefficient (Wildman–Crippen LogP) is 3.11. The Morgan fingerprint density at radius 1 is 1.15 bits per heavy atom.